The first-order valence-electron chi connectivity index (χ1n) is 8.67. The first kappa shape index (κ1) is 17.7. The molecule has 1 aromatic heterocycles. The van der Waals surface area contributed by atoms with Crippen LogP contribution < -0.4 is 9.47 Å². The molecule has 0 fully saturated rings. The molecule has 0 aliphatic heterocycles. The Labute approximate surface area is 161 Å². The minimum Gasteiger partial charge on any atom is -0.497 e. The average molecular weight is 376 g/mol. The summed E-state index contributed by atoms with van der Waals surface area (Å²) >= 11 is 0. The van der Waals surface area contributed by atoms with E-state index in [1.807, 2.05) is 54.6 Å². The van der Waals surface area contributed by atoms with Gasteiger partial charge in [0, 0.05) is 11.1 Å². The van der Waals surface area contributed by atoms with Crippen molar-refractivity contribution in [3.63, 3.8) is 0 Å². The quantitative estimate of drug-likeness (QED) is 0.467. The Hall–Kier alpha value is -3.67. The normalized spacial score (nSPS) is 10.6. The monoisotopic (exact) mass is 376 g/mol. The Kier molecular flexibility index (Phi) is 5.01. The molecule has 0 aliphatic carbocycles. The molecule has 0 saturated heterocycles. The van der Waals surface area contributed by atoms with Gasteiger partial charge in [-0.2, -0.15) is 4.98 Å². The molecule has 0 saturated carbocycles. The fourth-order valence-electron chi connectivity index (χ4n) is 2.73. The summed E-state index contributed by atoms with van der Waals surface area (Å²) in [6.07, 6.45) is 0. The number of ether oxygens (including phenoxy) is 2. The summed E-state index contributed by atoms with van der Waals surface area (Å²) in [4.78, 5) is 4.46. The zero-order valence-electron chi connectivity index (χ0n) is 15.1. The highest BCUT2D eigenvalue weighted by molar-refractivity contribution is 5.62. The van der Waals surface area contributed by atoms with E-state index in [1.54, 1.807) is 13.2 Å². The van der Waals surface area contributed by atoms with Gasteiger partial charge in [-0.1, -0.05) is 35.5 Å². The topological polar surface area (TPSA) is 57.4 Å². The molecule has 0 aliphatic rings. The van der Waals surface area contributed by atoms with Crippen LogP contribution in [-0.2, 0) is 6.61 Å². The van der Waals surface area contributed by atoms with Gasteiger partial charge in [0.05, 0.1) is 7.11 Å². The summed E-state index contributed by atoms with van der Waals surface area (Å²) in [7, 11) is 1.60. The summed E-state index contributed by atoms with van der Waals surface area (Å²) in [5, 5.41) is 4.06. The van der Waals surface area contributed by atoms with Gasteiger partial charge in [0.1, 0.15) is 23.9 Å². The van der Waals surface area contributed by atoms with E-state index in [1.165, 1.54) is 12.1 Å². The Morgan fingerprint density at radius 3 is 2.46 bits per heavy atom. The second kappa shape index (κ2) is 7.92. The summed E-state index contributed by atoms with van der Waals surface area (Å²) in [5.74, 6) is 1.92. The molecule has 4 aromatic rings. The fourth-order valence-corrected chi connectivity index (χ4v) is 2.73. The molecule has 140 valence electrons. The molecular weight excluding hydrogens is 359 g/mol. The lowest BCUT2D eigenvalue weighted by Crippen LogP contribution is -1.96. The van der Waals surface area contributed by atoms with Crippen molar-refractivity contribution in [2.24, 2.45) is 0 Å². The maximum Gasteiger partial charge on any atom is 0.258 e. The third kappa shape index (κ3) is 4.01. The van der Waals surface area contributed by atoms with Gasteiger partial charge < -0.3 is 14.0 Å². The molecule has 1 heterocycles. The van der Waals surface area contributed by atoms with E-state index in [0.717, 1.165) is 16.7 Å². The largest absolute Gasteiger partial charge is 0.497 e. The van der Waals surface area contributed by atoms with E-state index in [0.29, 0.717) is 23.2 Å². The number of nitrogens with zero attached hydrogens (tertiary/aromatic N) is 2. The highest BCUT2D eigenvalue weighted by atomic mass is 19.1. The Morgan fingerprint density at radius 1 is 0.893 bits per heavy atom. The summed E-state index contributed by atoms with van der Waals surface area (Å²) in [6, 6.07) is 21.1. The second-order valence-electron chi connectivity index (χ2n) is 6.10. The van der Waals surface area contributed by atoms with Crippen LogP contribution in [0.2, 0.25) is 0 Å². The third-order valence-electron chi connectivity index (χ3n) is 4.13. The molecule has 0 atom stereocenters. The molecule has 4 rings (SSSR count). The van der Waals surface area contributed by atoms with E-state index >= 15 is 0 Å². The summed E-state index contributed by atoms with van der Waals surface area (Å²) in [5.41, 5.74) is 2.29. The number of hydrogen-bond donors (Lipinski definition) is 0. The molecule has 3 aromatic carbocycles. The Balaban J connectivity index is 1.52. The van der Waals surface area contributed by atoms with Crippen molar-refractivity contribution < 1.29 is 18.4 Å². The van der Waals surface area contributed by atoms with Crippen LogP contribution in [0, 0.1) is 5.82 Å². The highest BCUT2D eigenvalue weighted by Gasteiger charge is 2.12. The van der Waals surface area contributed by atoms with E-state index in [-0.39, 0.29) is 12.4 Å². The van der Waals surface area contributed by atoms with Crippen LogP contribution in [0.3, 0.4) is 0 Å². The Bertz CT molecular complexity index is 1090. The molecular formula is C22H17FN2O3. The number of hydrogen-bond acceptors (Lipinski definition) is 5. The van der Waals surface area contributed by atoms with Crippen molar-refractivity contribution in [2.45, 2.75) is 6.61 Å². The van der Waals surface area contributed by atoms with Gasteiger partial charge in [-0.3, -0.25) is 0 Å². The third-order valence-corrected chi connectivity index (χ3v) is 4.13. The minimum absolute atomic E-state index is 0.266. The van der Waals surface area contributed by atoms with Crippen LogP contribution in [0.4, 0.5) is 4.39 Å². The van der Waals surface area contributed by atoms with Crippen molar-refractivity contribution >= 4 is 0 Å². The predicted octanol–water partition coefficient (Wildman–Crippen LogP) is 5.13. The maximum absolute atomic E-state index is 13.3. The van der Waals surface area contributed by atoms with Crippen LogP contribution in [0.15, 0.2) is 77.3 Å². The molecule has 6 heteroatoms. The SMILES string of the molecule is COc1cccc(-c2nc(-c3cccc(OCc4cccc(F)c4)c3)no2)c1. The van der Waals surface area contributed by atoms with Crippen LogP contribution in [0.25, 0.3) is 22.8 Å². The molecule has 0 amide bonds. The molecule has 0 spiro atoms. The van der Waals surface area contributed by atoms with Gasteiger partial charge >= 0.3 is 0 Å². The summed E-state index contributed by atoms with van der Waals surface area (Å²) in [6.45, 7) is 0.266. The average Bonchev–Trinajstić information content (AvgIpc) is 3.23. The zero-order valence-corrected chi connectivity index (χ0v) is 15.1. The van der Waals surface area contributed by atoms with Crippen molar-refractivity contribution in [1.82, 2.24) is 10.1 Å². The summed E-state index contributed by atoms with van der Waals surface area (Å²) < 4.78 is 29.7. The van der Waals surface area contributed by atoms with E-state index in [2.05, 4.69) is 10.1 Å². The number of benzene rings is 3. The van der Waals surface area contributed by atoms with Crippen molar-refractivity contribution in [1.29, 1.82) is 0 Å². The van der Waals surface area contributed by atoms with E-state index in [9.17, 15) is 4.39 Å². The minimum atomic E-state index is -0.285. The van der Waals surface area contributed by atoms with Gasteiger partial charge in [0.15, 0.2) is 0 Å². The number of rotatable bonds is 6. The Morgan fingerprint density at radius 2 is 1.64 bits per heavy atom. The molecule has 5 nitrogen and oxygen atoms in total. The molecule has 0 bridgehead atoms. The lowest BCUT2D eigenvalue weighted by Gasteiger charge is -2.07. The van der Waals surface area contributed by atoms with E-state index in [4.69, 9.17) is 14.0 Å². The lowest BCUT2D eigenvalue weighted by molar-refractivity contribution is 0.305. The standard InChI is InChI=1S/C22H17FN2O3/c1-26-19-9-4-7-17(13-19)22-24-21(25-28-22)16-6-3-10-20(12-16)27-14-15-5-2-8-18(23)11-15/h2-13H,14H2,1H3. The first-order chi connectivity index (χ1) is 13.7. The van der Waals surface area contributed by atoms with Crippen LogP contribution in [0.5, 0.6) is 11.5 Å². The first-order valence-corrected chi connectivity index (χ1v) is 8.67. The van der Waals surface area contributed by atoms with Crippen LogP contribution >= 0.6 is 0 Å². The van der Waals surface area contributed by atoms with Gasteiger partial charge in [-0.15, -0.1) is 0 Å². The second-order valence-corrected chi connectivity index (χ2v) is 6.10. The van der Waals surface area contributed by atoms with Crippen molar-refractivity contribution in [3.05, 3.63) is 84.2 Å². The number of aromatic nitrogens is 2. The van der Waals surface area contributed by atoms with Crippen molar-refractivity contribution in [3.8, 4) is 34.3 Å². The molecule has 0 N–H and O–H groups in total. The molecule has 0 unspecified atom stereocenters. The van der Waals surface area contributed by atoms with Gasteiger partial charge in [0.25, 0.3) is 5.89 Å². The molecule has 28 heavy (non-hydrogen) atoms. The smallest absolute Gasteiger partial charge is 0.258 e. The number of methoxy groups -OCH3 is 1. The zero-order chi connectivity index (χ0) is 19.3. The van der Waals surface area contributed by atoms with Crippen LogP contribution in [-0.4, -0.2) is 17.3 Å². The van der Waals surface area contributed by atoms with Crippen LogP contribution in [0.1, 0.15) is 5.56 Å². The predicted molar refractivity (Wildman–Crippen MR) is 102 cm³/mol. The fraction of sp³-hybridized carbons (Fsp3) is 0.0909. The molecule has 0 radical (unpaired) electrons. The maximum atomic E-state index is 13.3. The van der Waals surface area contributed by atoms with Gasteiger partial charge in [-0.25, -0.2) is 4.39 Å². The lowest BCUT2D eigenvalue weighted by atomic mass is 10.2. The highest BCUT2D eigenvalue weighted by Crippen LogP contribution is 2.27. The van der Waals surface area contributed by atoms with Crippen molar-refractivity contribution in [2.75, 3.05) is 7.11 Å². The van der Waals surface area contributed by atoms with Gasteiger partial charge in [-0.05, 0) is 48.0 Å². The number of halogens is 1. The van der Waals surface area contributed by atoms with Gasteiger partial charge in [0.2, 0.25) is 5.82 Å². The van der Waals surface area contributed by atoms with E-state index < -0.39 is 0 Å².